The van der Waals surface area contributed by atoms with Gasteiger partial charge < -0.3 is 24.7 Å². The Morgan fingerprint density at radius 1 is 1.08 bits per heavy atom. The van der Waals surface area contributed by atoms with Crippen LogP contribution in [0, 0.1) is 0 Å². The van der Waals surface area contributed by atoms with Crippen LogP contribution in [0.3, 0.4) is 0 Å². The number of primary amides is 1. The molecule has 2 aliphatic heterocycles. The topological polar surface area (TPSA) is 124 Å². The van der Waals surface area contributed by atoms with E-state index in [1.54, 1.807) is 24.1 Å². The summed E-state index contributed by atoms with van der Waals surface area (Å²) in [4.78, 5) is 53.1. The molecule has 2 aromatic carbocycles. The summed E-state index contributed by atoms with van der Waals surface area (Å²) in [5.41, 5.74) is 6.57. The number of hydrogen-bond acceptors (Lipinski definition) is 6. The van der Waals surface area contributed by atoms with E-state index in [9.17, 15) is 19.2 Å². The Morgan fingerprint density at radius 3 is 2.49 bits per heavy atom. The van der Waals surface area contributed by atoms with Crippen LogP contribution in [0.15, 0.2) is 42.6 Å². The third-order valence-electron chi connectivity index (χ3n) is 8.14. The van der Waals surface area contributed by atoms with Crippen LogP contribution < -0.4 is 15.2 Å². The number of ether oxygens (including phenoxy) is 2. The Labute approximate surface area is 225 Å². The molecule has 3 aromatic rings. The lowest BCUT2D eigenvalue weighted by molar-refractivity contribution is -0.00572. The highest BCUT2D eigenvalue weighted by Gasteiger charge is 2.44. The average Bonchev–Trinajstić information content (AvgIpc) is 3.69. The summed E-state index contributed by atoms with van der Waals surface area (Å²) in [6.45, 7) is 0.900. The van der Waals surface area contributed by atoms with Crippen molar-refractivity contribution in [3.63, 3.8) is 0 Å². The number of likely N-dealkylation sites (tertiary alicyclic amines) is 1. The number of fused-ring (bicyclic) bond motifs is 2. The van der Waals surface area contributed by atoms with Crippen LogP contribution in [-0.2, 0) is 0 Å². The molecule has 2 N–H and O–H groups in total. The molecule has 39 heavy (non-hydrogen) atoms. The van der Waals surface area contributed by atoms with E-state index >= 15 is 0 Å². The quantitative estimate of drug-likeness (QED) is 0.548. The molecule has 1 aromatic heterocycles. The zero-order valence-corrected chi connectivity index (χ0v) is 21.9. The van der Waals surface area contributed by atoms with E-state index in [0.717, 1.165) is 28.6 Å². The minimum atomic E-state index is -0.879. The first-order valence-electron chi connectivity index (χ1n) is 13.1. The van der Waals surface area contributed by atoms with Gasteiger partial charge in [-0.05, 0) is 49.2 Å². The maximum Gasteiger partial charge on any atom is 0.321 e. The van der Waals surface area contributed by atoms with Crippen molar-refractivity contribution in [2.45, 2.75) is 43.7 Å². The van der Waals surface area contributed by atoms with Gasteiger partial charge in [0, 0.05) is 61.7 Å². The first-order valence-corrected chi connectivity index (χ1v) is 13.1. The van der Waals surface area contributed by atoms with E-state index in [1.165, 1.54) is 19.2 Å². The van der Waals surface area contributed by atoms with Crippen LogP contribution in [-0.4, -0.2) is 70.8 Å². The summed E-state index contributed by atoms with van der Waals surface area (Å²) in [6, 6.07) is 9.95. The molecule has 10 heteroatoms. The summed E-state index contributed by atoms with van der Waals surface area (Å²) >= 11 is 0. The van der Waals surface area contributed by atoms with Gasteiger partial charge in [-0.3, -0.25) is 19.3 Å². The van der Waals surface area contributed by atoms with Crippen LogP contribution in [0.4, 0.5) is 4.79 Å². The molecule has 1 spiro atoms. The van der Waals surface area contributed by atoms with E-state index < -0.39 is 17.5 Å². The predicted molar refractivity (Wildman–Crippen MR) is 142 cm³/mol. The number of piperidine rings is 1. The number of carbonyl (C=O) groups is 4. The molecule has 4 amide bonds. The van der Waals surface area contributed by atoms with Crippen molar-refractivity contribution >= 4 is 34.5 Å². The predicted octanol–water partition coefficient (Wildman–Crippen LogP) is 3.78. The molecular weight excluding hydrogens is 500 g/mol. The second kappa shape index (κ2) is 9.14. The van der Waals surface area contributed by atoms with Crippen molar-refractivity contribution in [2.75, 3.05) is 27.2 Å². The lowest BCUT2D eigenvalue weighted by Gasteiger charge is -2.44. The van der Waals surface area contributed by atoms with Crippen LogP contribution in [0.5, 0.6) is 11.5 Å². The van der Waals surface area contributed by atoms with Gasteiger partial charge in [0.05, 0.1) is 24.6 Å². The smallest absolute Gasteiger partial charge is 0.321 e. The number of nitrogens with two attached hydrogens (primary N) is 1. The summed E-state index contributed by atoms with van der Waals surface area (Å²) < 4.78 is 14.2. The third kappa shape index (κ3) is 4.29. The van der Waals surface area contributed by atoms with Crippen LogP contribution in [0.25, 0.3) is 10.9 Å². The van der Waals surface area contributed by atoms with Gasteiger partial charge in [-0.25, -0.2) is 4.79 Å². The highest BCUT2D eigenvalue weighted by Crippen LogP contribution is 2.42. The molecule has 2 fully saturated rings. The number of nitrogens with zero attached hydrogens (tertiary/aromatic N) is 3. The summed E-state index contributed by atoms with van der Waals surface area (Å²) in [5.74, 6) is 0.285. The molecule has 1 saturated carbocycles. The largest absolute Gasteiger partial charge is 0.496 e. The molecule has 202 valence electrons. The van der Waals surface area contributed by atoms with Gasteiger partial charge in [-0.15, -0.1) is 0 Å². The Hall–Kier alpha value is -4.34. The lowest BCUT2D eigenvalue weighted by Crippen LogP contribution is -2.52. The average molecular weight is 531 g/mol. The lowest BCUT2D eigenvalue weighted by atomic mass is 9.82. The third-order valence-corrected chi connectivity index (χ3v) is 8.14. The number of methoxy groups -OCH3 is 1. The molecule has 6 rings (SSSR count). The molecule has 0 atom stereocenters. The van der Waals surface area contributed by atoms with Crippen molar-refractivity contribution in [1.82, 2.24) is 14.4 Å². The number of hydrogen-bond donors (Lipinski definition) is 1. The van der Waals surface area contributed by atoms with Crippen molar-refractivity contribution in [3.05, 3.63) is 59.3 Å². The van der Waals surface area contributed by atoms with Crippen molar-refractivity contribution in [2.24, 2.45) is 5.73 Å². The number of urea groups is 1. The first kappa shape index (κ1) is 25.0. The maximum absolute atomic E-state index is 13.6. The van der Waals surface area contributed by atoms with Gasteiger partial charge >= 0.3 is 6.03 Å². The standard InChI is InChI=1S/C29H30N4O6/c1-31(28(30)37)26(35)17-3-6-24-21(13-17)23(34)16-29(39-24)8-11-32(12-9-29)27(36)18-14-22-20(25(15-18)38-2)7-10-33(22)19-4-5-19/h3,6-7,10,13-15,19H,4-5,8-9,11-12,16H2,1-2H3,(H2,30,37). The molecular formula is C29H30N4O6. The number of amides is 4. The number of rotatable bonds is 4. The summed E-state index contributed by atoms with van der Waals surface area (Å²) in [5, 5.41) is 0.998. The molecule has 3 heterocycles. The maximum atomic E-state index is 13.6. The highest BCUT2D eigenvalue weighted by molar-refractivity contribution is 6.07. The van der Waals surface area contributed by atoms with E-state index in [0.29, 0.717) is 54.6 Å². The molecule has 0 unspecified atom stereocenters. The Kier molecular flexibility index (Phi) is 5.85. The number of aromatic nitrogens is 1. The van der Waals surface area contributed by atoms with Gasteiger partial charge in [0.1, 0.15) is 17.1 Å². The summed E-state index contributed by atoms with van der Waals surface area (Å²) in [6.07, 6.45) is 5.51. The van der Waals surface area contributed by atoms with E-state index in [2.05, 4.69) is 10.8 Å². The fourth-order valence-electron chi connectivity index (χ4n) is 5.69. The van der Waals surface area contributed by atoms with Gasteiger partial charge in [0.25, 0.3) is 11.8 Å². The van der Waals surface area contributed by atoms with Crippen LogP contribution in [0.2, 0.25) is 0 Å². The number of Topliss-reactive ketones (excluding diaryl/α,β-unsaturated/α-hetero) is 1. The minimum absolute atomic E-state index is 0.0714. The second-order valence-electron chi connectivity index (χ2n) is 10.7. The van der Waals surface area contributed by atoms with E-state index in [1.807, 2.05) is 12.1 Å². The minimum Gasteiger partial charge on any atom is -0.496 e. The van der Waals surface area contributed by atoms with Gasteiger partial charge in [0.15, 0.2) is 5.78 Å². The van der Waals surface area contributed by atoms with Crippen molar-refractivity contribution in [3.8, 4) is 11.5 Å². The zero-order valence-electron chi connectivity index (χ0n) is 21.9. The normalized spacial score (nSPS) is 18.0. The fraction of sp³-hybridized carbons (Fsp3) is 0.379. The van der Waals surface area contributed by atoms with Crippen molar-refractivity contribution < 1.29 is 28.7 Å². The second-order valence-corrected chi connectivity index (χ2v) is 10.7. The molecule has 1 saturated heterocycles. The van der Waals surface area contributed by atoms with Crippen molar-refractivity contribution in [1.29, 1.82) is 0 Å². The fourth-order valence-corrected chi connectivity index (χ4v) is 5.69. The first-order chi connectivity index (χ1) is 18.7. The SMILES string of the molecule is COc1cc(C(=O)N2CCC3(CC2)CC(=O)c2cc(C(=O)N(C)C(N)=O)ccc2O3)cc2c1ccn2C1CC1. The van der Waals surface area contributed by atoms with Crippen LogP contribution >= 0.6 is 0 Å². The zero-order chi connectivity index (χ0) is 27.5. The number of carbonyl (C=O) groups excluding carboxylic acids is 4. The molecule has 3 aliphatic rings. The van der Waals surface area contributed by atoms with E-state index in [-0.39, 0.29) is 23.7 Å². The molecule has 0 bridgehead atoms. The Bertz CT molecular complexity index is 1530. The van der Waals surface area contributed by atoms with E-state index in [4.69, 9.17) is 15.2 Å². The molecule has 10 nitrogen and oxygen atoms in total. The highest BCUT2D eigenvalue weighted by atomic mass is 16.5. The Morgan fingerprint density at radius 2 is 1.82 bits per heavy atom. The van der Waals surface area contributed by atoms with Gasteiger partial charge in [-0.2, -0.15) is 0 Å². The monoisotopic (exact) mass is 530 g/mol. The van der Waals surface area contributed by atoms with Gasteiger partial charge in [-0.1, -0.05) is 0 Å². The number of imide groups is 1. The Balaban J connectivity index is 1.18. The number of benzene rings is 2. The summed E-state index contributed by atoms with van der Waals surface area (Å²) in [7, 11) is 2.90. The molecule has 0 radical (unpaired) electrons. The number of ketones is 1. The molecule has 1 aliphatic carbocycles. The van der Waals surface area contributed by atoms with Gasteiger partial charge in [0.2, 0.25) is 0 Å². The van der Waals surface area contributed by atoms with Crippen LogP contribution in [0.1, 0.15) is 69.2 Å².